The molecule has 2 N–H and O–H groups in total. The number of aryl methyl sites for hydroxylation is 1. The van der Waals surface area contributed by atoms with Gasteiger partial charge in [0, 0.05) is 18.9 Å². The van der Waals surface area contributed by atoms with E-state index in [4.69, 9.17) is 0 Å². The average Bonchev–Trinajstić information content (AvgIpc) is 3.07. The van der Waals surface area contributed by atoms with Crippen molar-refractivity contribution in [1.29, 1.82) is 0 Å². The molecule has 0 saturated carbocycles. The Morgan fingerprint density at radius 1 is 1.21 bits per heavy atom. The Balaban J connectivity index is 1.66. The van der Waals surface area contributed by atoms with Gasteiger partial charge in [-0.3, -0.25) is 4.40 Å². The molecule has 122 valence electrons. The minimum absolute atomic E-state index is 0.217. The summed E-state index contributed by atoms with van der Waals surface area (Å²) in [6, 6.07) is 10.1. The molecule has 3 aromatic rings. The summed E-state index contributed by atoms with van der Waals surface area (Å²) in [6.45, 7) is 0.629. The van der Waals surface area contributed by atoms with Crippen LogP contribution in [-0.2, 0) is 19.4 Å². The average molecular weight is 321 g/mol. The monoisotopic (exact) mass is 321 g/mol. The van der Waals surface area contributed by atoms with Gasteiger partial charge in [-0.1, -0.05) is 18.2 Å². The number of fused-ring (bicyclic) bond motifs is 2. The number of benzene rings is 1. The minimum Gasteiger partial charge on any atom is -0.476 e. The molecule has 0 atom stereocenters. The number of carboxylic acids is 1. The van der Waals surface area contributed by atoms with Crippen LogP contribution in [0.15, 0.2) is 42.7 Å². The largest absolute Gasteiger partial charge is 0.476 e. The molecule has 2 heterocycles. The summed E-state index contributed by atoms with van der Waals surface area (Å²) in [4.78, 5) is 15.8. The van der Waals surface area contributed by atoms with E-state index in [2.05, 4.69) is 28.5 Å². The molecular weight excluding hydrogens is 302 g/mol. The van der Waals surface area contributed by atoms with Gasteiger partial charge >= 0.3 is 5.97 Å². The summed E-state index contributed by atoms with van der Waals surface area (Å²) in [5, 5.41) is 12.9. The second kappa shape index (κ2) is 6.00. The number of pyridine rings is 1. The van der Waals surface area contributed by atoms with Crippen LogP contribution >= 0.6 is 0 Å². The van der Waals surface area contributed by atoms with Gasteiger partial charge in [-0.2, -0.15) is 0 Å². The van der Waals surface area contributed by atoms with Crippen molar-refractivity contribution in [3.05, 3.63) is 65.1 Å². The summed E-state index contributed by atoms with van der Waals surface area (Å²) in [6.07, 6.45) is 8.02. The van der Waals surface area contributed by atoms with E-state index in [1.807, 2.05) is 6.07 Å². The van der Waals surface area contributed by atoms with Crippen LogP contribution in [0, 0.1) is 0 Å². The van der Waals surface area contributed by atoms with E-state index < -0.39 is 5.97 Å². The number of carbonyl (C=O) groups is 1. The van der Waals surface area contributed by atoms with Crippen LogP contribution < -0.4 is 5.32 Å². The predicted molar refractivity (Wildman–Crippen MR) is 92.6 cm³/mol. The van der Waals surface area contributed by atoms with Crippen LogP contribution in [0.25, 0.3) is 5.65 Å². The summed E-state index contributed by atoms with van der Waals surface area (Å²) < 4.78 is 1.60. The zero-order valence-electron chi connectivity index (χ0n) is 13.3. The van der Waals surface area contributed by atoms with Crippen molar-refractivity contribution in [1.82, 2.24) is 9.38 Å². The highest BCUT2D eigenvalue weighted by atomic mass is 16.4. The van der Waals surface area contributed by atoms with Gasteiger partial charge < -0.3 is 10.4 Å². The van der Waals surface area contributed by atoms with Gasteiger partial charge in [0.1, 0.15) is 5.65 Å². The Kier molecular flexibility index (Phi) is 3.69. The highest BCUT2D eigenvalue weighted by Gasteiger charge is 2.16. The first kappa shape index (κ1) is 14.8. The number of hydrogen-bond donors (Lipinski definition) is 2. The minimum atomic E-state index is -0.962. The number of nitrogens with one attached hydrogen (secondary N) is 1. The highest BCUT2D eigenvalue weighted by Crippen LogP contribution is 2.26. The lowest BCUT2D eigenvalue weighted by Gasteiger charge is -2.20. The number of imidazole rings is 1. The fourth-order valence-corrected chi connectivity index (χ4v) is 3.57. The molecule has 0 radical (unpaired) electrons. The summed E-state index contributed by atoms with van der Waals surface area (Å²) >= 11 is 0. The molecule has 5 heteroatoms. The maximum absolute atomic E-state index is 11.7. The van der Waals surface area contributed by atoms with E-state index in [9.17, 15) is 9.90 Å². The fourth-order valence-electron chi connectivity index (χ4n) is 3.57. The van der Waals surface area contributed by atoms with Crippen molar-refractivity contribution in [2.24, 2.45) is 0 Å². The molecule has 0 aliphatic heterocycles. The maximum atomic E-state index is 11.7. The van der Waals surface area contributed by atoms with Gasteiger partial charge in [0.15, 0.2) is 5.69 Å². The molecule has 0 fully saturated rings. The van der Waals surface area contributed by atoms with E-state index in [0.29, 0.717) is 17.9 Å². The topological polar surface area (TPSA) is 66.6 Å². The van der Waals surface area contributed by atoms with Crippen molar-refractivity contribution in [3.8, 4) is 0 Å². The Hall–Kier alpha value is -2.82. The van der Waals surface area contributed by atoms with Gasteiger partial charge in [0.05, 0.1) is 5.69 Å². The lowest BCUT2D eigenvalue weighted by molar-refractivity contribution is 0.0690. The predicted octanol–water partition coefficient (Wildman–Crippen LogP) is 3.52. The number of nitrogens with zero attached hydrogens (tertiary/aromatic N) is 2. The molecule has 0 amide bonds. The van der Waals surface area contributed by atoms with Gasteiger partial charge in [0.2, 0.25) is 0 Å². The van der Waals surface area contributed by atoms with Crippen LogP contribution in [0.1, 0.15) is 40.0 Å². The third-order valence-electron chi connectivity index (χ3n) is 4.73. The van der Waals surface area contributed by atoms with E-state index in [-0.39, 0.29) is 5.69 Å². The molecule has 1 aliphatic rings. The van der Waals surface area contributed by atoms with E-state index in [1.165, 1.54) is 29.5 Å². The summed E-state index contributed by atoms with van der Waals surface area (Å²) in [5.41, 5.74) is 5.58. The van der Waals surface area contributed by atoms with E-state index in [1.54, 1.807) is 22.9 Å². The zero-order chi connectivity index (χ0) is 16.5. The molecule has 0 saturated heterocycles. The van der Waals surface area contributed by atoms with Gasteiger partial charge in [-0.25, -0.2) is 9.78 Å². The van der Waals surface area contributed by atoms with Crippen LogP contribution in [0.4, 0.5) is 5.69 Å². The van der Waals surface area contributed by atoms with Crippen LogP contribution in [0.2, 0.25) is 0 Å². The van der Waals surface area contributed by atoms with Crippen molar-refractivity contribution in [2.75, 3.05) is 5.32 Å². The lowest BCUT2D eigenvalue weighted by Crippen LogP contribution is -2.13. The highest BCUT2D eigenvalue weighted by molar-refractivity contribution is 5.93. The van der Waals surface area contributed by atoms with Crippen molar-refractivity contribution in [2.45, 2.75) is 32.2 Å². The number of aromatic nitrogens is 2. The quantitative estimate of drug-likeness (QED) is 0.771. The third-order valence-corrected chi connectivity index (χ3v) is 4.73. The summed E-state index contributed by atoms with van der Waals surface area (Å²) in [5.74, 6) is -0.962. The number of aromatic carboxylic acids is 1. The molecule has 24 heavy (non-hydrogen) atoms. The Labute approximate surface area is 140 Å². The SMILES string of the molecule is O=C(O)c1c(NCc2cccc3c2CCCC3)ccc2nccn12. The summed E-state index contributed by atoms with van der Waals surface area (Å²) in [7, 11) is 0. The zero-order valence-corrected chi connectivity index (χ0v) is 13.3. The standard InChI is InChI=1S/C19H19N3O2/c23-19(24)18-16(8-9-17-20-10-11-22(17)18)21-12-14-6-3-5-13-4-1-2-7-15(13)14/h3,5-6,8-11,21H,1-2,4,7,12H2,(H,23,24). The number of rotatable bonds is 4. The number of anilines is 1. The van der Waals surface area contributed by atoms with Crippen molar-refractivity contribution in [3.63, 3.8) is 0 Å². The molecule has 0 spiro atoms. The Morgan fingerprint density at radius 2 is 2.08 bits per heavy atom. The van der Waals surface area contributed by atoms with Crippen LogP contribution in [-0.4, -0.2) is 20.5 Å². The first-order chi connectivity index (χ1) is 11.7. The smallest absolute Gasteiger partial charge is 0.355 e. The number of carboxylic acid groups (broad SMARTS) is 1. The lowest BCUT2D eigenvalue weighted by atomic mass is 9.88. The molecule has 0 unspecified atom stereocenters. The van der Waals surface area contributed by atoms with Crippen LogP contribution in [0.5, 0.6) is 0 Å². The molecule has 1 aliphatic carbocycles. The number of hydrogen-bond acceptors (Lipinski definition) is 3. The first-order valence-corrected chi connectivity index (χ1v) is 8.27. The Morgan fingerprint density at radius 3 is 2.96 bits per heavy atom. The maximum Gasteiger partial charge on any atom is 0.355 e. The molecule has 1 aromatic carbocycles. The van der Waals surface area contributed by atoms with E-state index in [0.717, 1.165) is 12.8 Å². The normalized spacial score (nSPS) is 13.7. The van der Waals surface area contributed by atoms with E-state index >= 15 is 0 Å². The third kappa shape index (κ3) is 2.52. The van der Waals surface area contributed by atoms with Gasteiger partial charge in [-0.15, -0.1) is 0 Å². The fraction of sp³-hybridized carbons (Fsp3) is 0.263. The van der Waals surface area contributed by atoms with Crippen molar-refractivity contribution < 1.29 is 9.90 Å². The molecular formula is C19H19N3O2. The first-order valence-electron chi connectivity index (χ1n) is 8.27. The Bertz CT molecular complexity index is 914. The van der Waals surface area contributed by atoms with Gasteiger partial charge in [0.25, 0.3) is 0 Å². The molecule has 0 bridgehead atoms. The molecule has 5 nitrogen and oxygen atoms in total. The second-order valence-electron chi connectivity index (χ2n) is 6.17. The van der Waals surface area contributed by atoms with Crippen LogP contribution in [0.3, 0.4) is 0 Å². The van der Waals surface area contributed by atoms with Crippen molar-refractivity contribution >= 4 is 17.3 Å². The molecule has 2 aromatic heterocycles. The van der Waals surface area contributed by atoms with Gasteiger partial charge in [-0.05, 0) is 54.5 Å². The second-order valence-corrected chi connectivity index (χ2v) is 6.17. The molecule has 4 rings (SSSR count).